The van der Waals surface area contributed by atoms with Crippen LogP contribution in [0.2, 0.25) is 0 Å². The molecule has 2 saturated heterocycles. The largest absolute Gasteiger partial charge is 0.466 e. The lowest BCUT2D eigenvalue weighted by molar-refractivity contribution is -0.149. The Labute approximate surface area is 124 Å². The fraction of sp³-hybridized carbons (Fsp3) is 0.917. The average molecular weight is 322 g/mol. The summed E-state index contributed by atoms with van der Waals surface area (Å²) in [5.74, 6) is -0.535. The third-order valence-corrected chi connectivity index (χ3v) is 5.92. The summed E-state index contributed by atoms with van der Waals surface area (Å²) in [6, 6.07) is 0. The minimum Gasteiger partial charge on any atom is -0.466 e. The van der Waals surface area contributed by atoms with E-state index in [0.717, 1.165) is 4.31 Å². The van der Waals surface area contributed by atoms with E-state index in [1.165, 1.54) is 4.31 Å². The molecule has 0 spiro atoms. The number of esters is 1. The van der Waals surface area contributed by atoms with Crippen LogP contribution >= 0.6 is 0 Å². The smallest absolute Gasteiger partial charge is 0.309 e. The number of hydrogen-bond donors (Lipinski definition) is 2. The number of nitrogens with zero attached hydrogens (tertiary/aromatic N) is 2. The highest BCUT2D eigenvalue weighted by molar-refractivity contribution is 7.86. The van der Waals surface area contributed by atoms with Crippen molar-refractivity contribution in [2.24, 2.45) is 5.92 Å². The Morgan fingerprint density at radius 1 is 1.14 bits per heavy atom. The molecular weight excluding hydrogens is 300 g/mol. The van der Waals surface area contributed by atoms with E-state index in [4.69, 9.17) is 4.74 Å². The number of aliphatic hydroxyl groups excluding tert-OH is 2. The molecule has 2 atom stereocenters. The topological polar surface area (TPSA) is 107 Å². The van der Waals surface area contributed by atoms with Crippen molar-refractivity contribution in [3.63, 3.8) is 0 Å². The molecule has 9 heteroatoms. The molecule has 8 nitrogen and oxygen atoms in total. The van der Waals surface area contributed by atoms with Gasteiger partial charge in [0, 0.05) is 26.2 Å². The zero-order valence-corrected chi connectivity index (χ0v) is 12.8. The summed E-state index contributed by atoms with van der Waals surface area (Å²) in [5.41, 5.74) is 0. The summed E-state index contributed by atoms with van der Waals surface area (Å²) in [6.07, 6.45) is -1.23. The molecule has 122 valence electrons. The molecule has 0 amide bonds. The Morgan fingerprint density at radius 3 is 2.14 bits per heavy atom. The summed E-state index contributed by atoms with van der Waals surface area (Å²) in [6.45, 7) is 2.36. The number of carbonyl (C=O) groups excluding carboxylic acids is 1. The van der Waals surface area contributed by atoms with Crippen LogP contribution in [0.1, 0.15) is 19.8 Å². The highest BCUT2D eigenvalue weighted by Gasteiger charge is 2.41. The van der Waals surface area contributed by atoms with Crippen molar-refractivity contribution in [2.75, 3.05) is 32.8 Å². The molecule has 0 unspecified atom stereocenters. The van der Waals surface area contributed by atoms with E-state index < -0.39 is 22.4 Å². The first-order chi connectivity index (χ1) is 9.86. The maximum absolute atomic E-state index is 12.4. The first-order valence-electron chi connectivity index (χ1n) is 7.14. The van der Waals surface area contributed by atoms with E-state index in [9.17, 15) is 23.4 Å². The SMILES string of the molecule is CCOC(=O)C1CCN(S(=O)(=O)N2C[C@@H](O)[C@@H](O)C2)CC1. The van der Waals surface area contributed by atoms with Crippen LogP contribution < -0.4 is 0 Å². The lowest BCUT2D eigenvalue weighted by Gasteiger charge is -2.32. The first kappa shape index (κ1) is 16.6. The minimum absolute atomic E-state index is 0.0959. The van der Waals surface area contributed by atoms with Gasteiger partial charge >= 0.3 is 5.97 Å². The minimum atomic E-state index is -3.69. The molecule has 0 aromatic heterocycles. The summed E-state index contributed by atoms with van der Waals surface area (Å²) >= 11 is 0. The standard InChI is InChI=1S/C12H22N2O6S/c1-2-20-12(17)9-3-5-13(6-4-9)21(18,19)14-7-10(15)11(16)8-14/h9-11,15-16H,2-8H2,1H3/t10-,11+. The predicted molar refractivity (Wildman–Crippen MR) is 73.4 cm³/mol. The summed E-state index contributed by atoms with van der Waals surface area (Å²) in [5, 5.41) is 18.9. The fourth-order valence-electron chi connectivity index (χ4n) is 2.67. The van der Waals surface area contributed by atoms with Gasteiger partial charge in [-0.15, -0.1) is 0 Å². The Kier molecular flexibility index (Phi) is 5.20. The van der Waals surface area contributed by atoms with Crippen molar-refractivity contribution >= 4 is 16.2 Å². The van der Waals surface area contributed by atoms with Crippen LogP contribution in [0.5, 0.6) is 0 Å². The first-order valence-corrected chi connectivity index (χ1v) is 8.54. The zero-order valence-electron chi connectivity index (χ0n) is 12.0. The van der Waals surface area contributed by atoms with E-state index in [1.54, 1.807) is 6.92 Å². The number of piperidine rings is 1. The maximum Gasteiger partial charge on any atom is 0.309 e. The maximum atomic E-state index is 12.4. The zero-order chi connectivity index (χ0) is 15.6. The molecule has 2 N–H and O–H groups in total. The van der Waals surface area contributed by atoms with Crippen molar-refractivity contribution in [3.8, 4) is 0 Å². The van der Waals surface area contributed by atoms with Crippen molar-refractivity contribution < 1.29 is 28.2 Å². The third kappa shape index (κ3) is 3.54. The number of carbonyl (C=O) groups is 1. The van der Waals surface area contributed by atoms with Gasteiger partial charge in [0.05, 0.1) is 24.7 Å². The number of aliphatic hydroxyl groups is 2. The molecule has 21 heavy (non-hydrogen) atoms. The number of rotatable bonds is 4. The molecule has 0 aromatic rings. The quantitative estimate of drug-likeness (QED) is 0.613. The predicted octanol–water partition coefficient (Wildman–Crippen LogP) is -1.46. The van der Waals surface area contributed by atoms with E-state index in [-0.39, 0.29) is 38.1 Å². The highest BCUT2D eigenvalue weighted by atomic mass is 32.2. The number of β-amino-alcohol motifs (C(OH)–C–C–N with tert-alkyl or cyclic N) is 2. The second-order valence-electron chi connectivity index (χ2n) is 5.38. The molecule has 2 heterocycles. The van der Waals surface area contributed by atoms with Crippen molar-refractivity contribution in [1.29, 1.82) is 0 Å². The average Bonchev–Trinajstić information content (AvgIpc) is 2.80. The number of hydrogen-bond acceptors (Lipinski definition) is 6. The molecule has 2 aliphatic heterocycles. The van der Waals surface area contributed by atoms with E-state index in [1.807, 2.05) is 0 Å². The van der Waals surface area contributed by atoms with Crippen LogP contribution in [0.3, 0.4) is 0 Å². The van der Waals surface area contributed by atoms with Gasteiger partial charge in [0.2, 0.25) is 0 Å². The van der Waals surface area contributed by atoms with Crippen LogP contribution in [0.4, 0.5) is 0 Å². The van der Waals surface area contributed by atoms with Crippen molar-refractivity contribution in [3.05, 3.63) is 0 Å². The molecule has 2 aliphatic rings. The molecule has 0 aliphatic carbocycles. The van der Waals surface area contributed by atoms with Crippen LogP contribution in [-0.4, -0.2) is 78.2 Å². The van der Waals surface area contributed by atoms with Gasteiger partial charge in [-0.05, 0) is 19.8 Å². The molecule has 0 radical (unpaired) electrons. The Balaban J connectivity index is 1.94. The Hall–Kier alpha value is -0.740. The molecule has 0 aromatic carbocycles. The van der Waals surface area contributed by atoms with Gasteiger partial charge < -0.3 is 14.9 Å². The lowest BCUT2D eigenvalue weighted by atomic mass is 9.98. The van der Waals surface area contributed by atoms with E-state index in [2.05, 4.69) is 0 Å². The number of ether oxygens (including phenoxy) is 1. The van der Waals surface area contributed by atoms with E-state index >= 15 is 0 Å². The molecule has 2 fully saturated rings. The Morgan fingerprint density at radius 2 is 1.67 bits per heavy atom. The van der Waals surface area contributed by atoms with Crippen LogP contribution in [0.25, 0.3) is 0 Å². The normalized spacial score (nSPS) is 29.7. The van der Waals surface area contributed by atoms with Gasteiger partial charge in [-0.25, -0.2) is 0 Å². The van der Waals surface area contributed by atoms with Crippen molar-refractivity contribution in [1.82, 2.24) is 8.61 Å². The molecular formula is C12H22N2O6S. The van der Waals surface area contributed by atoms with Crippen LogP contribution in [0, 0.1) is 5.92 Å². The monoisotopic (exact) mass is 322 g/mol. The van der Waals surface area contributed by atoms with Crippen molar-refractivity contribution in [2.45, 2.75) is 32.0 Å². The Bertz CT molecular complexity index is 464. The second kappa shape index (κ2) is 6.57. The lowest BCUT2D eigenvalue weighted by Crippen LogP contribution is -2.47. The van der Waals surface area contributed by atoms with Gasteiger partial charge in [0.25, 0.3) is 10.2 Å². The van der Waals surface area contributed by atoms with Crippen LogP contribution in [-0.2, 0) is 19.7 Å². The highest BCUT2D eigenvalue weighted by Crippen LogP contribution is 2.24. The van der Waals surface area contributed by atoms with Gasteiger partial charge in [-0.2, -0.15) is 17.0 Å². The third-order valence-electron chi connectivity index (χ3n) is 3.95. The molecule has 2 rings (SSSR count). The van der Waals surface area contributed by atoms with Gasteiger partial charge in [-0.1, -0.05) is 0 Å². The summed E-state index contributed by atoms with van der Waals surface area (Å²) in [4.78, 5) is 11.6. The summed E-state index contributed by atoms with van der Waals surface area (Å²) < 4.78 is 32.1. The van der Waals surface area contributed by atoms with Gasteiger partial charge in [0.1, 0.15) is 0 Å². The summed E-state index contributed by atoms with van der Waals surface area (Å²) in [7, 11) is -3.69. The second-order valence-corrected chi connectivity index (χ2v) is 7.31. The van der Waals surface area contributed by atoms with Crippen LogP contribution in [0.15, 0.2) is 0 Å². The molecule has 0 saturated carbocycles. The van der Waals surface area contributed by atoms with E-state index in [0.29, 0.717) is 19.4 Å². The fourth-order valence-corrected chi connectivity index (χ4v) is 4.35. The van der Waals surface area contributed by atoms with Gasteiger partial charge in [-0.3, -0.25) is 4.79 Å². The van der Waals surface area contributed by atoms with Gasteiger partial charge in [0.15, 0.2) is 0 Å². The molecule has 0 bridgehead atoms.